The van der Waals surface area contributed by atoms with Gasteiger partial charge in [0.05, 0.1) is 0 Å². The van der Waals surface area contributed by atoms with Gasteiger partial charge in [0.1, 0.15) is 0 Å². The molecule has 6 nitrogen and oxygen atoms in total. The third-order valence-electron chi connectivity index (χ3n) is 5.79. The quantitative estimate of drug-likeness (QED) is 0.710. The van der Waals surface area contributed by atoms with Gasteiger partial charge >= 0.3 is 6.03 Å². The Bertz CT molecular complexity index is 869. The highest BCUT2D eigenvalue weighted by Gasteiger charge is 2.25. The lowest BCUT2D eigenvalue weighted by Gasteiger charge is -2.38. The molecule has 166 valence electrons. The molecule has 2 aromatic rings. The minimum atomic E-state index is -0.171. The molecule has 3 rings (SSSR count). The molecular formula is C24H31ClN4O2. The van der Waals surface area contributed by atoms with Gasteiger partial charge in [0.15, 0.2) is 0 Å². The Labute approximate surface area is 189 Å². The second-order valence-electron chi connectivity index (χ2n) is 7.94. The molecule has 1 saturated heterocycles. The summed E-state index contributed by atoms with van der Waals surface area (Å²) in [5, 5.41) is 3.62. The van der Waals surface area contributed by atoms with Gasteiger partial charge in [-0.15, -0.1) is 0 Å². The summed E-state index contributed by atoms with van der Waals surface area (Å²) in [5.74, 6) is 0.0797. The highest BCUT2D eigenvalue weighted by atomic mass is 35.5. The van der Waals surface area contributed by atoms with E-state index in [1.54, 1.807) is 11.9 Å². The number of hydrogen-bond acceptors (Lipinski definition) is 3. The molecule has 0 spiro atoms. The third kappa shape index (κ3) is 6.45. The Morgan fingerprint density at radius 3 is 2.35 bits per heavy atom. The summed E-state index contributed by atoms with van der Waals surface area (Å²) in [5.41, 5.74) is 2.19. The van der Waals surface area contributed by atoms with Crippen molar-refractivity contribution in [2.45, 2.75) is 25.9 Å². The van der Waals surface area contributed by atoms with Crippen LogP contribution in [0.3, 0.4) is 0 Å². The molecule has 0 radical (unpaired) electrons. The molecular weight excluding hydrogens is 412 g/mol. The number of urea groups is 1. The van der Waals surface area contributed by atoms with Gasteiger partial charge in [-0.05, 0) is 24.1 Å². The Hall–Kier alpha value is -2.57. The Balaban J connectivity index is 1.38. The fourth-order valence-electron chi connectivity index (χ4n) is 3.87. The van der Waals surface area contributed by atoms with E-state index in [0.717, 1.165) is 29.2 Å². The van der Waals surface area contributed by atoms with Crippen LogP contribution in [0.15, 0.2) is 54.6 Å². The minimum Gasteiger partial charge on any atom is -0.340 e. The van der Waals surface area contributed by atoms with E-state index in [0.29, 0.717) is 32.6 Å². The molecule has 1 fully saturated rings. The summed E-state index contributed by atoms with van der Waals surface area (Å²) >= 11 is 6.34. The van der Waals surface area contributed by atoms with E-state index in [1.165, 1.54) is 0 Å². The Morgan fingerprint density at radius 2 is 1.68 bits per heavy atom. The molecule has 31 heavy (non-hydrogen) atoms. The predicted molar refractivity (Wildman–Crippen MR) is 124 cm³/mol. The molecule has 0 bridgehead atoms. The number of amides is 3. The van der Waals surface area contributed by atoms with Crippen LogP contribution in [0.2, 0.25) is 5.02 Å². The smallest absolute Gasteiger partial charge is 0.317 e. The summed E-state index contributed by atoms with van der Waals surface area (Å²) in [6.07, 6.45) is 0.310. The van der Waals surface area contributed by atoms with Gasteiger partial charge in [-0.25, -0.2) is 4.79 Å². The number of halogens is 1. The van der Waals surface area contributed by atoms with Gasteiger partial charge in [0.2, 0.25) is 5.91 Å². The van der Waals surface area contributed by atoms with Gasteiger partial charge in [0.25, 0.3) is 0 Å². The van der Waals surface area contributed by atoms with Crippen molar-refractivity contribution in [1.29, 1.82) is 0 Å². The number of nitrogens with zero attached hydrogens (tertiary/aromatic N) is 3. The number of nitrogens with one attached hydrogen (secondary N) is 1. The third-order valence-corrected chi connectivity index (χ3v) is 6.14. The average Bonchev–Trinajstić information content (AvgIpc) is 2.79. The van der Waals surface area contributed by atoms with Gasteiger partial charge < -0.3 is 15.1 Å². The second-order valence-corrected chi connectivity index (χ2v) is 8.35. The maximum absolute atomic E-state index is 12.6. The first-order valence-corrected chi connectivity index (χ1v) is 11.1. The van der Waals surface area contributed by atoms with Crippen LogP contribution in [-0.4, -0.2) is 66.4 Å². The van der Waals surface area contributed by atoms with Crippen LogP contribution < -0.4 is 5.32 Å². The monoisotopic (exact) mass is 442 g/mol. The molecule has 0 aliphatic carbocycles. The molecule has 7 heteroatoms. The van der Waals surface area contributed by atoms with E-state index in [4.69, 9.17) is 11.6 Å². The highest BCUT2D eigenvalue weighted by Crippen LogP contribution is 2.27. The van der Waals surface area contributed by atoms with Crippen LogP contribution in [0.1, 0.15) is 30.5 Å². The lowest BCUT2D eigenvalue weighted by molar-refractivity contribution is -0.133. The second kappa shape index (κ2) is 11.2. The van der Waals surface area contributed by atoms with Crippen molar-refractivity contribution in [2.24, 2.45) is 0 Å². The molecule has 1 atom stereocenters. The first-order chi connectivity index (χ1) is 15.0. The molecule has 1 N–H and O–H groups in total. The van der Waals surface area contributed by atoms with Crippen LogP contribution >= 0.6 is 11.6 Å². The molecule has 1 aliphatic heterocycles. The van der Waals surface area contributed by atoms with Crippen molar-refractivity contribution >= 4 is 23.5 Å². The van der Waals surface area contributed by atoms with Crippen LogP contribution in [-0.2, 0) is 11.3 Å². The van der Waals surface area contributed by atoms with Crippen molar-refractivity contribution in [2.75, 3.05) is 39.8 Å². The minimum absolute atomic E-state index is 0.0797. The van der Waals surface area contributed by atoms with E-state index in [9.17, 15) is 9.59 Å². The zero-order valence-corrected chi connectivity index (χ0v) is 19.0. The topological polar surface area (TPSA) is 55.9 Å². The van der Waals surface area contributed by atoms with Crippen molar-refractivity contribution in [1.82, 2.24) is 20.0 Å². The van der Waals surface area contributed by atoms with Gasteiger partial charge in [-0.3, -0.25) is 9.69 Å². The Kier molecular flexibility index (Phi) is 8.32. The van der Waals surface area contributed by atoms with Crippen LogP contribution in [0.25, 0.3) is 0 Å². The van der Waals surface area contributed by atoms with Gasteiger partial charge in [-0.1, -0.05) is 60.1 Å². The number of piperazine rings is 1. The average molecular weight is 443 g/mol. The summed E-state index contributed by atoms with van der Waals surface area (Å²) < 4.78 is 0. The van der Waals surface area contributed by atoms with Crippen LogP contribution in [0, 0.1) is 0 Å². The maximum atomic E-state index is 12.6. The summed E-state index contributed by atoms with van der Waals surface area (Å²) in [7, 11) is 1.75. The van der Waals surface area contributed by atoms with Gasteiger partial charge in [-0.2, -0.15) is 0 Å². The number of benzene rings is 2. The lowest BCUT2D eigenvalue weighted by Crippen LogP contribution is -2.50. The Morgan fingerprint density at radius 1 is 1.03 bits per heavy atom. The first-order valence-electron chi connectivity index (χ1n) is 10.7. The van der Waals surface area contributed by atoms with Crippen LogP contribution in [0.5, 0.6) is 0 Å². The predicted octanol–water partition coefficient (Wildman–Crippen LogP) is 3.78. The number of rotatable bonds is 7. The van der Waals surface area contributed by atoms with Gasteiger partial charge in [0, 0.05) is 63.8 Å². The van der Waals surface area contributed by atoms with E-state index >= 15 is 0 Å². The number of carbonyl (C=O) groups excluding carboxylic acids is 2. The molecule has 0 aromatic heterocycles. The number of hydrogen-bond donors (Lipinski definition) is 1. The van der Waals surface area contributed by atoms with Crippen molar-refractivity contribution in [3.8, 4) is 0 Å². The fourth-order valence-corrected chi connectivity index (χ4v) is 4.16. The standard InChI is InChI=1S/C24H31ClN4O2/c1-19(21-10-6-7-11-22(21)25)28-14-16-29(17-15-28)23(30)12-13-26-24(31)27(2)18-20-8-4-3-5-9-20/h3-11,19H,12-18H2,1-2H3,(H,26,31). The van der Waals surface area contributed by atoms with E-state index in [-0.39, 0.29) is 18.0 Å². The van der Waals surface area contributed by atoms with Crippen molar-refractivity contribution in [3.63, 3.8) is 0 Å². The zero-order chi connectivity index (χ0) is 22.2. The maximum Gasteiger partial charge on any atom is 0.317 e. The number of carbonyl (C=O) groups is 2. The first kappa shape index (κ1) is 23.1. The van der Waals surface area contributed by atoms with E-state index in [2.05, 4.69) is 23.2 Å². The van der Waals surface area contributed by atoms with Crippen molar-refractivity contribution < 1.29 is 9.59 Å². The molecule has 2 aromatic carbocycles. The zero-order valence-electron chi connectivity index (χ0n) is 18.3. The molecule has 1 heterocycles. The van der Waals surface area contributed by atoms with E-state index in [1.807, 2.05) is 53.4 Å². The summed E-state index contributed by atoms with van der Waals surface area (Å²) in [6, 6.07) is 17.8. The van der Waals surface area contributed by atoms with Crippen LogP contribution in [0.4, 0.5) is 4.79 Å². The molecule has 1 unspecified atom stereocenters. The molecule has 0 saturated carbocycles. The fraction of sp³-hybridized carbons (Fsp3) is 0.417. The largest absolute Gasteiger partial charge is 0.340 e. The van der Waals surface area contributed by atoms with Crippen molar-refractivity contribution in [3.05, 3.63) is 70.7 Å². The highest BCUT2D eigenvalue weighted by molar-refractivity contribution is 6.31. The normalized spacial score (nSPS) is 15.4. The molecule has 1 aliphatic rings. The SMILES string of the molecule is CC(c1ccccc1Cl)N1CCN(C(=O)CCNC(=O)N(C)Cc2ccccc2)CC1. The summed E-state index contributed by atoms with van der Waals surface area (Å²) in [4.78, 5) is 30.7. The van der Waals surface area contributed by atoms with E-state index < -0.39 is 0 Å². The molecule has 3 amide bonds. The summed E-state index contributed by atoms with van der Waals surface area (Å²) in [6.45, 7) is 6.03. The lowest BCUT2D eigenvalue weighted by atomic mass is 10.1.